The molecule has 2 amide bonds. The fourth-order valence-corrected chi connectivity index (χ4v) is 5.41. The van der Waals surface area contributed by atoms with Gasteiger partial charge < -0.3 is 34.7 Å². The number of carbonyl (C=O) groups excluding carboxylic acids is 2. The Hall–Kier alpha value is -2.57. The van der Waals surface area contributed by atoms with Gasteiger partial charge in [0.1, 0.15) is 15.4 Å². The normalized spacial score (nSPS) is 14.9. The summed E-state index contributed by atoms with van der Waals surface area (Å²) in [4.78, 5) is 26.0. The Kier molecular flexibility index (Phi) is 17.2. The van der Waals surface area contributed by atoms with Gasteiger partial charge in [-0.05, 0) is 75.5 Å². The van der Waals surface area contributed by atoms with Gasteiger partial charge in [-0.15, -0.1) is 0 Å². The lowest BCUT2D eigenvalue weighted by Crippen LogP contribution is -2.49. The van der Waals surface area contributed by atoms with Gasteiger partial charge in [0.25, 0.3) is 0 Å². The molecule has 0 unspecified atom stereocenters. The Morgan fingerprint density at radius 2 is 1.64 bits per heavy atom. The molecule has 0 aliphatic rings. The van der Waals surface area contributed by atoms with Gasteiger partial charge in [0.2, 0.25) is 5.91 Å². The van der Waals surface area contributed by atoms with Crippen molar-refractivity contribution < 1.29 is 42.1 Å². The molecule has 0 bridgehead atoms. The number of alkyl carbamates (subject to hydrolysis) is 1. The first-order chi connectivity index (χ1) is 20.9. The highest BCUT2D eigenvalue weighted by atomic mass is 32.2. The molecule has 11 nitrogen and oxygen atoms in total. The van der Waals surface area contributed by atoms with Gasteiger partial charge in [0, 0.05) is 38.9 Å². The van der Waals surface area contributed by atoms with Crippen LogP contribution in [0, 0.1) is 23.7 Å². The summed E-state index contributed by atoms with van der Waals surface area (Å²) in [6.45, 7) is 14.3. The van der Waals surface area contributed by atoms with Crippen molar-refractivity contribution in [2.24, 2.45) is 23.7 Å². The van der Waals surface area contributed by atoms with Crippen molar-refractivity contribution in [2.45, 2.75) is 91.9 Å². The first-order valence-electron chi connectivity index (χ1n) is 15.8. The highest BCUT2D eigenvalue weighted by molar-refractivity contribution is 7.90. The summed E-state index contributed by atoms with van der Waals surface area (Å²) in [6, 6.07) is 5.11. The van der Waals surface area contributed by atoms with E-state index in [1.807, 2.05) is 32.0 Å². The van der Waals surface area contributed by atoms with Crippen molar-refractivity contribution in [1.82, 2.24) is 10.6 Å². The van der Waals surface area contributed by atoms with Crippen LogP contribution < -0.4 is 20.1 Å². The number of methoxy groups -OCH3 is 2. The van der Waals surface area contributed by atoms with Crippen molar-refractivity contribution in [2.75, 3.05) is 46.0 Å². The number of hydrogen-bond acceptors (Lipinski definition) is 9. The predicted molar refractivity (Wildman–Crippen MR) is 176 cm³/mol. The van der Waals surface area contributed by atoms with Gasteiger partial charge in [-0.2, -0.15) is 0 Å². The fourth-order valence-electron chi connectivity index (χ4n) is 4.93. The molecule has 4 atom stereocenters. The van der Waals surface area contributed by atoms with Gasteiger partial charge >= 0.3 is 6.09 Å². The molecule has 12 heteroatoms. The Morgan fingerprint density at radius 1 is 0.978 bits per heavy atom. The van der Waals surface area contributed by atoms with Crippen molar-refractivity contribution in [1.29, 1.82) is 0 Å². The second-order valence-corrected chi connectivity index (χ2v) is 15.7. The molecule has 1 aromatic carbocycles. The van der Waals surface area contributed by atoms with Crippen LogP contribution in [0.3, 0.4) is 0 Å². The van der Waals surface area contributed by atoms with Crippen molar-refractivity contribution in [3.63, 3.8) is 0 Å². The van der Waals surface area contributed by atoms with Gasteiger partial charge in [-0.1, -0.05) is 33.8 Å². The van der Waals surface area contributed by atoms with E-state index >= 15 is 0 Å². The van der Waals surface area contributed by atoms with Crippen LogP contribution in [0.25, 0.3) is 0 Å². The molecule has 0 aromatic heterocycles. The maximum absolute atomic E-state index is 13.0. The maximum atomic E-state index is 13.0. The van der Waals surface area contributed by atoms with E-state index in [-0.39, 0.29) is 42.4 Å². The van der Waals surface area contributed by atoms with Crippen LogP contribution in [0.5, 0.6) is 11.5 Å². The standard InChI is InChI=1S/C33H58N2O9S/c1-22(2)25(18-24-12-13-29(42-9)30(19-24)43-16-11-15-41-8)20-27(35-32(38)44-33(5,6)7)28(36)21-26(23(3)4)31(37)34-14-17-45(10,39)40/h12-13,19,22-23,25-28,36H,11,14-18,20-21H2,1-10H3,(H,34,37)(H,35,38)/t25-,26-,27-,28-/m0/s1. The fraction of sp³-hybridized carbons (Fsp3) is 0.758. The maximum Gasteiger partial charge on any atom is 0.407 e. The topological polar surface area (TPSA) is 149 Å². The summed E-state index contributed by atoms with van der Waals surface area (Å²) in [6.07, 6.45) is 1.29. The highest BCUT2D eigenvalue weighted by Gasteiger charge is 2.33. The van der Waals surface area contributed by atoms with Crippen LogP contribution in [0.4, 0.5) is 4.79 Å². The van der Waals surface area contributed by atoms with Crippen molar-refractivity contribution in [3.8, 4) is 11.5 Å². The molecule has 0 saturated carbocycles. The summed E-state index contributed by atoms with van der Waals surface area (Å²) in [5.41, 5.74) is 0.284. The number of aliphatic hydroxyl groups is 1. The van der Waals surface area contributed by atoms with Crippen LogP contribution in [-0.4, -0.2) is 89.3 Å². The monoisotopic (exact) mass is 658 g/mol. The second-order valence-electron chi connectivity index (χ2n) is 13.5. The Bertz CT molecular complexity index is 1150. The Balaban J connectivity index is 3.23. The van der Waals surface area contributed by atoms with Crippen LogP contribution in [0.15, 0.2) is 18.2 Å². The zero-order valence-electron chi connectivity index (χ0n) is 29.0. The van der Waals surface area contributed by atoms with Gasteiger partial charge in [0.15, 0.2) is 11.5 Å². The number of hydrogen-bond donors (Lipinski definition) is 3. The van der Waals surface area contributed by atoms with Crippen LogP contribution in [0.2, 0.25) is 0 Å². The quantitative estimate of drug-likeness (QED) is 0.173. The third-order valence-electron chi connectivity index (χ3n) is 7.55. The van der Waals surface area contributed by atoms with Gasteiger partial charge in [0.05, 0.1) is 31.6 Å². The van der Waals surface area contributed by atoms with Crippen molar-refractivity contribution in [3.05, 3.63) is 23.8 Å². The first-order valence-corrected chi connectivity index (χ1v) is 17.8. The van der Waals surface area contributed by atoms with E-state index in [0.29, 0.717) is 37.6 Å². The summed E-state index contributed by atoms with van der Waals surface area (Å²) in [5.74, 6) is 0.257. The van der Waals surface area contributed by atoms with E-state index in [9.17, 15) is 23.1 Å². The van der Waals surface area contributed by atoms with E-state index in [4.69, 9.17) is 18.9 Å². The van der Waals surface area contributed by atoms with E-state index < -0.39 is 39.6 Å². The smallest absolute Gasteiger partial charge is 0.407 e. The summed E-state index contributed by atoms with van der Waals surface area (Å²) in [7, 11) is 0.00592. The predicted octanol–water partition coefficient (Wildman–Crippen LogP) is 4.39. The average molecular weight is 659 g/mol. The number of aliphatic hydroxyl groups excluding tert-OH is 1. The summed E-state index contributed by atoms with van der Waals surface area (Å²) < 4.78 is 45.2. The lowest BCUT2D eigenvalue weighted by atomic mass is 9.80. The lowest BCUT2D eigenvalue weighted by molar-refractivity contribution is -0.127. The molecule has 45 heavy (non-hydrogen) atoms. The molecular weight excluding hydrogens is 600 g/mol. The Morgan fingerprint density at radius 3 is 2.18 bits per heavy atom. The molecule has 1 aromatic rings. The van der Waals surface area contributed by atoms with E-state index in [1.165, 1.54) is 0 Å². The number of rotatable bonds is 20. The number of nitrogens with one attached hydrogen (secondary N) is 2. The summed E-state index contributed by atoms with van der Waals surface area (Å²) >= 11 is 0. The number of amides is 2. The third kappa shape index (κ3) is 16.5. The molecule has 0 heterocycles. The van der Waals surface area contributed by atoms with Crippen LogP contribution >= 0.6 is 0 Å². The molecule has 1 rings (SSSR count). The van der Waals surface area contributed by atoms with Crippen LogP contribution in [0.1, 0.15) is 73.3 Å². The van der Waals surface area contributed by atoms with Crippen LogP contribution in [-0.2, 0) is 30.5 Å². The zero-order valence-corrected chi connectivity index (χ0v) is 29.8. The zero-order chi connectivity index (χ0) is 34.4. The minimum atomic E-state index is -3.24. The molecule has 0 aliphatic carbocycles. The molecule has 0 radical (unpaired) electrons. The minimum absolute atomic E-state index is 0.00800. The van der Waals surface area contributed by atoms with E-state index in [0.717, 1.165) is 18.2 Å². The highest BCUT2D eigenvalue weighted by Crippen LogP contribution is 2.32. The number of sulfone groups is 1. The molecule has 0 fully saturated rings. The second kappa shape index (κ2) is 19.2. The van der Waals surface area contributed by atoms with Gasteiger partial charge in [-0.3, -0.25) is 4.79 Å². The van der Waals surface area contributed by atoms with Gasteiger partial charge in [-0.25, -0.2) is 13.2 Å². The molecule has 0 aliphatic heterocycles. The average Bonchev–Trinajstić information content (AvgIpc) is 2.91. The third-order valence-corrected chi connectivity index (χ3v) is 8.50. The molecule has 0 saturated heterocycles. The largest absolute Gasteiger partial charge is 0.493 e. The van der Waals surface area contributed by atoms with E-state index in [2.05, 4.69) is 24.5 Å². The molecule has 0 spiro atoms. The summed E-state index contributed by atoms with van der Waals surface area (Å²) in [5, 5.41) is 17.1. The number of carbonyl (C=O) groups is 2. The number of ether oxygens (including phenoxy) is 4. The number of benzene rings is 1. The SMILES string of the molecule is COCCCOc1cc(C[C@@H](C[C@H](NC(=O)OC(C)(C)C)[C@@H](O)C[C@H](C(=O)NCCS(C)(=O)=O)C(C)C)C(C)C)ccc1OC. The molecule has 3 N–H and O–H groups in total. The first kappa shape index (κ1) is 40.5. The Labute approximate surface area is 271 Å². The van der Waals surface area contributed by atoms with Crippen molar-refractivity contribution >= 4 is 21.8 Å². The minimum Gasteiger partial charge on any atom is -0.493 e. The molecular formula is C33H58N2O9S. The molecule has 260 valence electrons. The van der Waals surface area contributed by atoms with E-state index in [1.54, 1.807) is 35.0 Å². The lowest BCUT2D eigenvalue weighted by Gasteiger charge is -2.33.